The zero-order valence-corrected chi connectivity index (χ0v) is 18.1. The minimum Gasteiger partial charge on any atom is -0.342 e. The van der Waals surface area contributed by atoms with Crippen molar-refractivity contribution in [3.05, 3.63) is 41.4 Å². The van der Waals surface area contributed by atoms with Gasteiger partial charge >= 0.3 is 6.18 Å². The molecule has 1 aliphatic heterocycles. The van der Waals surface area contributed by atoms with Crippen molar-refractivity contribution in [2.45, 2.75) is 57.5 Å². The molecule has 1 amide bonds. The SMILES string of the molecule is CCc1cc(C(F)(F)F)n2nc(C3CCCN(C(=O)C4CC5C=CC4C54CC4)C3)cc2n1. The average molecular weight is 445 g/mol. The third-order valence-electron chi connectivity index (χ3n) is 8.34. The minimum atomic E-state index is -4.50. The van der Waals surface area contributed by atoms with E-state index in [0.717, 1.165) is 36.4 Å². The number of piperidine rings is 1. The summed E-state index contributed by atoms with van der Waals surface area (Å²) in [6.45, 7) is 3.03. The van der Waals surface area contributed by atoms with E-state index in [9.17, 15) is 18.0 Å². The van der Waals surface area contributed by atoms with Crippen molar-refractivity contribution in [2.75, 3.05) is 13.1 Å². The van der Waals surface area contributed by atoms with E-state index < -0.39 is 11.9 Å². The highest BCUT2D eigenvalue weighted by Crippen LogP contribution is 2.70. The highest BCUT2D eigenvalue weighted by molar-refractivity contribution is 5.81. The average Bonchev–Trinajstić information content (AvgIpc) is 3.24. The van der Waals surface area contributed by atoms with Crippen molar-refractivity contribution in [2.24, 2.45) is 23.2 Å². The molecule has 5 nitrogen and oxygen atoms in total. The summed E-state index contributed by atoms with van der Waals surface area (Å²) in [6, 6.07) is 2.75. The van der Waals surface area contributed by atoms with E-state index in [0.29, 0.717) is 41.6 Å². The van der Waals surface area contributed by atoms with Crippen LogP contribution in [-0.2, 0) is 17.4 Å². The highest BCUT2D eigenvalue weighted by Gasteiger charge is 2.64. The van der Waals surface area contributed by atoms with Gasteiger partial charge in [-0.3, -0.25) is 4.79 Å². The van der Waals surface area contributed by atoms with Crippen molar-refractivity contribution in [3.63, 3.8) is 0 Å². The van der Waals surface area contributed by atoms with Gasteiger partial charge in [0, 0.05) is 36.7 Å². The Kier molecular flexibility index (Phi) is 4.31. The highest BCUT2D eigenvalue weighted by atomic mass is 19.4. The normalized spacial score (nSPS) is 30.6. The van der Waals surface area contributed by atoms with Gasteiger partial charge in [0.1, 0.15) is 5.69 Å². The first kappa shape index (κ1) is 20.2. The number of hydrogen-bond acceptors (Lipinski definition) is 3. The maximum atomic E-state index is 13.6. The molecule has 4 aliphatic rings. The number of amides is 1. The number of halogens is 3. The Hall–Kier alpha value is -2.38. The fraction of sp³-hybridized carbons (Fsp3) is 0.625. The lowest BCUT2D eigenvalue weighted by Crippen LogP contribution is -2.43. The van der Waals surface area contributed by atoms with Crippen LogP contribution in [-0.4, -0.2) is 38.5 Å². The zero-order chi connectivity index (χ0) is 22.3. The number of likely N-dealkylation sites (tertiary alicyclic amines) is 1. The summed E-state index contributed by atoms with van der Waals surface area (Å²) in [6.07, 6.45) is 5.57. The summed E-state index contributed by atoms with van der Waals surface area (Å²) in [5.41, 5.74) is 0.797. The molecule has 3 aliphatic carbocycles. The molecule has 8 heteroatoms. The number of aryl methyl sites for hydroxylation is 1. The molecule has 4 atom stereocenters. The smallest absolute Gasteiger partial charge is 0.342 e. The Morgan fingerprint density at radius 1 is 1.25 bits per heavy atom. The topological polar surface area (TPSA) is 50.5 Å². The molecule has 0 N–H and O–H groups in total. The summed E-state index contributed by atoms with van der Waals surface area (Å²) in [7, 11) is 0. The molecule has 2 aromatic heterocycles. The fourth-order valence-corrected chi connectivity index (χ4v) is 6.54. The second-order valence-electron chi connectivity index (χ2n) is 10.0. The molecule has 1 spiro atoms. The molecule has 0 radical (unpaired) electrons. The van der Waals surface area contributed by atoms with Gasteiger partial charge < -0.3 is 4.90 Å². The first-order valence-electron chi connectivity index (χ1n) is 11.7. The van der Waals surface area contributed by atoms with Crippen molar-refractivity contribution in [3.8, 4) is 0 Å². The van der Waals surface area contributed by atoms with Crippen LogP contribution in [0.4, 0.5) is 13.2 Å². The largest absolute Gasteiger partial charge is 0.433 e. The van der Waals surface area contributed by atoms with E-state index in [4.69, 9.17) is 0 Å². The van der Waals surface area contributed by atoms with Gasteiger partial charge in [-0.1, -0.05) is 19.1 Å². The molecule has 2 bridgehead atoms. The van der Waals surface area contributed by atoms with Crippen LogP contribution in [0.15, 0.2) is 24.3 Å². The second-order valence-corrected chi connectivity index (χ2v) is 10.0. The number of carbonyl (C=O) groups excluding carboxylic acids is 1. The van der Waals surface area contributed by atoms with Crippen LogP contribution in [0, 0.1) is 23.2 Å². The Bertz CT molecular complexity index is 1120. The van der Waals surface area contributed by atoms with E-state index in [1.807, 2.05) is 4.90 Å². The quantitative estimate of drug-likeness (QED) is 0.650. The van der Waals surface area contributed by atoms with Crippen molar-refractivity contribution in [1.29, 1.82) is 0 Å². The summed E-state index contributed by atoms with van der Waals surface area (Å²) in [4.78, 5) is 19.7. The van der Waals surface area contributed by atoms with E-state index in [1.165, 1.54) is 12.8 Å². The van der Waals surface area contributed by atoms with Gasteiger partial charge in [-0.25, -0.2) is 9.50 Å². The second kappa shape index (κ2) is 6.81. The van der Waals surface area contributed by atoms with Gasteiger partial charge in [-0.15, -0.1) is 0 Å². The Morgan fingerprint density at radius 3 is 2.75 bits per heavy atom. The standard InChI is InChI=1S/C24H27F3N4O/c1-2-16-11-20(24(25,26)27)31-21(28-16)12-19(29-31)14-4-3-9-30(13-14)22(32)17-10-15-5-6-18(17)23(15)7-8-23/h5-6,11-12,14-15,17-18H,2-4,7-10,13H2,1H3. The summed E-state index contributed by atoms with van der Waals surface area (Å²) in [5.74, 6) is 1.16. The predicted molar refractivity (Wildman–Crippen MR) is 112 cm³/mol. The predicted octanol–water partition coefficient (Wildman–Crippen LogP) is 4.62. The number of nitrogens with zero attached hydrogens (tertiary/aromatic N) is 4. The number of rotatable bonds is 3. The lowest BCUT2D eigenvalue weighted by atomic mass is 9.87. The maximum Gasteiger partial charge on any atom is 0.433 e. The molecule has 3 fully saturated rings. The molecule has 4 unspecified atom stereocenters. The Balaban J connectivity index is 1.26. The lowest BCUT2D eigenvalue weighted by Gasteiger charge is -2.35. The molecule has 2 saturated carbocycles. The lowest BCUT2D eigenvalue weighted by molar-refractivity contribution is -0.142. The molecule has 6 rings (SSSR count). The van der Waals surface area contributed by atoms with Gasteiger partial charge in [-0.2, -0.15) is 18.3 Å². The first-order valence-corrected chi connectivity index (χ1v) is 11.7. The van der Waals surface area contributed by atoms with Gasteiger partial charge in [-0.05, 0) is 61.8 Å². The maximum absolute atomic E-state index is 13.6. The van der Waals surface area contributed by atoms with E-state index in [1.54, 1.807) is 13.0 Å². The van der Waals surface area contributed by atoms with Crippen LogP contribution in [0.5, 0.6) is 0 Å². The van der Waals surface area contributed by atoms with E-state index in [2.05, 4.69) is 22.2 Å². The summed E-state index contributed by atoms with van der Waals surface area (Å²) >= 11 is 0. The summed E-state index contributed by atoms with van der Waals surface area (Å²) in [5, 5.41) is 4.33. The number of hydrogen-bond donors (Lipinski definition) is 0. The van der Waals surface area contributed by atoms with Crippen LogP contribution in [0.1, 0.15) is 62.0 Å². The molecular formula is C24H27F3N4O. The monoisotopic (exact) mass is 444 g/mol. The van der Waals surface area contributed by atoms with Crippen molar-refractivity contribution in [1.82, 2.24) is 19.5 Å². The molecule has 1 saturated heterocycles. The van der Waals surface area contributed by atoms with Gasteiger partial charge in [0.2, 0.25) is 5.91 Å². The van der Waals surface area contributed by atoms with Crippen LogP contribution in [0.2, 0.25) is 0 Å². The third-order valence-corrected chi connectivity index (χ3v) is 8.34. The number of alkyl halides is 3. The minimum absolute atomic E-state index is 0.0652. The van der Waals surface area contributed by atoms with Gasteiger partial charge in [0.05, 0.1) is 5.69 Å². The van der Waals surface area contributed by atoms with E-state index >= 15 is 0 Å². The zero-order valence-electron chi connectivity index (χ0n) is 18.1. The molecule has 32 heavy (non-hydrogen) atoms. The number of allylic oxidation sites excluding steroid dienone is 2. The summed E-state index contributed by atoms with van der Waals surface area (Å²) < 4.78 is 41.8. The molecular weight excluding hydrogens is 417 g/mol. The molecule has 170 valence electrons. The molecule has 3 heterocycles. The van der Waals surface area contributed by atoms with Crippen LogP contribution in [0.3, 0.4) is 0 Å². The van der Waals surface area contributed by atoms with Crippen molar-refractivity contribution >= 4 is 11.6 Å². The van der Waals surface area contributed by atoms with Crippen LogP contribution >= 0.6 is 0 Å². The van der Waals surface area contributed by atoms with E-state index in [-0.39, 0.29) is 23.4 Å². The number of aromatic nitrogens is 3. The van der Waals surface area contributed by atoms with Crippen LogP contribution < -0.4 is 0 Å². The van der Waals surface area contributed by atoms with Gasteiger partial charge in [0.25, 0.3) is 0 Å². The third kappa shape index (κ3) is 2.94. The van der Waals surface area contributed by atoms with Crippen LogP contribution in [0.25, 0.3) is 5.65 Å². The molecule has 0 aromatic carbocycles. The Labute approximate surface area is 184 Å². The van der Waals surface area contributed by atoms with Crippen molar-refractivity contribution < 1.29 is 18.0 Å². The first-order chi connectivity index (χ1) is 15.3. The molecule has 2 aromatic rings. The number of fused-ring (bicyclic) bond motifs is 1. The fourth-order valence-electron chi connectivity index (χ4n) is 6.54. The number of carbonyl (C=O) groups is 1. The Morgan fingerprint density at radius 2 is 2.06 bits per heavy atom. The van der Waals surface area contributed by atoms with Gasteiger partial charge in [0.15, 0.2) is 5.65 Å².